The lowest BCUT2D eigenvalue weighted by Gasteiger charge is -2.01. The second kappa shape index (κ2) is 4.00. The van der Waals surface area contributed by atoms with Gasteiger partial charge in [0.2, 0.25) is 0 Å². The van der Waals surface area contributed by atoms with Gasteiger partial charge in [-0.25, -0.2) is 4.79 Å². The Kier molecular flexibility index (Phi) is 2.69. The number of nitrogens with one attached hydrogen (secondary N) is 1. The van der Waals surface area contributed by atoms with E-state index in [2.05, 4.69) is 4.98 Å². The van der Waals surface area contributed by atoms with Gasteiger partial charge < -0.3 is 9.72 Å². The average molecular weight is 217 g/mol. The average Bonchev–Trinajstić information content (AvgIpc) is 2.53. The molecule has 84 valence electrons. The quantitative estimate of drug-likeness (QED) is 0.786. The summed E-state index contributed by atoms with van der Waals surface area (Å²) in [6.45, 7) is 6.13. The van der Waals surface area contributed by atoms with Crippen LogP contribution in [-0.4, -0.2) is 17.6 Å². The first-order chi connectivity index (χ1) is 7.63. The van der Waals surface area contributed by atoms with E-state index in [1.54, 1.807) is 0 Å². The van der Waals surface area contributed by atoms with Crippen molar-refractivity contribution in [2.24, 2.45) is 0 Å². The van der Waals surface area contributed by atoms with Gasteiger partial charge in [-0.2, -0.15) is 0 Å². The first kappa shape index (κ1) is 10.7. The van der Waals surface area contributed by atoms with E-state index in [4.69, 9.17) is 4.74 Å². The number of hydrogen-bond donors (Lipinski definition) is 1. The highest BCUT2D eigenvalue weighted by Gasteiger charge is 2.16. The van der Waals surface area contributed by atoms with Crippen molar-refractivity contribution in [3.63, 3.8) is 0 Å². The molecule has 0 spiro atoms. The molecule has 0 fully saturated rings. The Bertz CT molecular complexity index is 540. The van der Waals surface area contributed by atoms with Crippen LogP contribution in [-0.2, 0) is 4.74 Å². The van der Waals surface area contributed by atoms with Gasteiger partial charge in [0.05, 0.1) is 12.2 Å². The number of H-pyrrole nitrogens is 1. The van der Waals surface area contributed by atoms with Crippen molar-refractivity contribution >= 4 is 16.9 Å². The van der Waals surface area contributed by atoms with E-state index in [0.29, 0.717) is 12.2 Å². The van der Waals surface area contributed by atoms with Gasteiger partial charge in [0.15, 0.2) is 0 Å². The SMILES string of the molecule is CCOC(=O)c1c(C)[nH]c2cc(C)ccc12. The van der Waals surface area contributed by atoms with Gasteiger partial charge in [0.1, 0.15) is 0 Å². The number of fused-ring (bicyclic) bond motifs is 1. The molecular formula is C13H15NO2. The van der Waals surface area contributed by atoms with Gasteiger partial charge in [-0.3, -0.25) is 0 Å². The van der Waals surface area contributed by atoms with Crippen molar-refractivity contribution in [3.05, 3.63) is 35.0 Å². The highest BCUT2D eigenvalue weighted by Crippen LogP contribution is 2.23. The monoisotopic (exact) mass is 217 g/mol. The molecule has 0 aliphatic carbocycles. The Balaban J connectivity index is 2.60. The lowest BCUT2D eigenvalue weighted by atomic mass is 10.1. The van der Waals surface area contributed by atoms with Crippen LogP contribution in [0, 0.1) is 13.8 Å². The van der Waals surface area contributed by atoms with Gasteiger partial charge in [-0.15, -0.1) is 0 Å². The van der Waals surface area contributed by atoms with Crippen LogP contribution < -0.4 is 0 Å². The van der Waals surface area contributed by atoms with Crippen LogP contribution in [0.5, 0.6) is 0 Å². The second-order valence-electron chi connectivity index (χ2n) is 3.89. The number of aromatic nitrogens is 1. The maximum atomic E-state index is 11.8. The van der Waals surface area contributed by atoms with Crippen molar-refractivity contribution in [1.82, 2.24) is 4.98 Å². The van der Waals surface area contributed by atoms with Crippen LogP contribution in [0.1, 0.15) is 28.5 Å². The van der Waals surface area contributed by atoms with E-state index in [0.717, 1.165) is 16.6 Å². The van der Waals surface area contributed by atoms with E-state index < -0.39 is 0 Å². The van der Waals surface area contributed by atoms with Crippen LogP contribution in [0.2, 0.25) is 0 Å². The van der Waals surface area contributed by atoms with Gasteiger partial charge in [-0.05, 0) is 32.4 Å². The lowest BCUT2D eigenvalue weighted by molar-refractivity contribution is 0.0528. The summed E-state index contributed by atoms with van der Waals surface area (Å²) in [6, 6.07) is 5.99. The molecular weight excluding hydrogens is 202 g/mol. The van der Waals surface area contributed by atoms with Gasteiger partial charge in [0.25, 0.3) is 0 Å². The number of benzene rings is 1. The lowest BCUT2D eigenvalue weighted by Crippen LogP contribution is -2.05. The maximum absolute atomic E-state index is 11.8. The van der Waals surface area contributed by atoms with Crippen LogP contribution >= 0.6 is 0 Å². The van der Waals surface area contributed by atoms with Gasteiger partial charge in [-0.1, -0.05) is 12.1 Å². The topological polar surface area (TPSA) is 42.1 Å². The summed E-state index contributed by atoms with van der Waals surface area (Å²) < 4.78 is 5.05. The van der Waals surface area contributed by atoms with Gasteiger partial charge >= 0.3 is 5.97 Å². The van der Waals surface area contributed by atoms with Crippen molar-refractivity contribution in [2.75, 3.05) is 6.61 Å². The number of aryl methyl sites for hydroxylation is 2. The molecule has 1 aromatic carbocycles. The van der Waals surface area contributed by atoms with Crippen LogP contribution in [0.15, 0.2) is 18.2 Å². The normalized spacial score (nSPS) is 10.7. The Morgan fingerprint density at radius 1 is 1.38 bits per heavy atom. The zero-order chi connectivity index (χ0) is 11.7. The minimum Gasteiger partial charge on any atom is -0.462 e. The molecule has 0 bridgehead atoms. The van der Waals surface area contributed by atoms with Crippen LogP contribution in [0.4, 0.5) is 0 Å². The number of ether oxygens (including phenoxy) is 1. The first-order valence-corrected chi connectivity index (χ1v) is 5.39. The van der Waals surface area contributed by atoms with Crippen molar-refractivity contribution in [1.29, 1.82) is 0 Å². The minimum atomic E-state index is -0.255. The second-order valence-corrected chi connectivity index (χ2v) is 3.89. The zero-order valence-electron chi connectivity index (χ0n) is 9.76. The van der Waals surface area contributed by atoms with E-state index >= 15 is 0 Å². The van der Waals surface area contributed by atoms with E-state index in [-0.39, 0.29) is 5.97 Å². The Morgan fingerprint density at radius 3 is 2.81 bits per heavy atom. The van der Waals surface area contributed by atoms with E-state index in [9.17, 15) is 4.79 Å². The highest BCUT2D eigenvalue weighted by molar-refractivity contribution is 6.05. The number of esters is 1. The number of rotatable bonds is 2. The number of aromatic amines is 1. The molecule has 3 nitrogen and oxygen atoms in total. The number of carbonyl (C=O) groups is 1. The molecule has 16 heavy (non-hydrogen) atoms. The molecule has 0 atom stereocenters. The zero-order valence-corrected chi connectivity index (χ0v) is 9.76. The Hall–Kier alpha value is -1.77. The fraction of sp³-hybridized carbons (Fsp3) is 0.308. The molecule has 0 unspecified atom stereocenters. The molecule has 0 amide bonds. The molecule has 2 aromatic rings. The van der Waals surface area contributed by atoms with Crippen molar-refractivity contribution in [2.45, 2.75) is 20.8 Å². The molecule has 1 aromatic heterocycles. The Labute approximate surface area is 94.4 Å². The summed E-state index contributed by atoms with van der Waals surface area (Å²) in [6.07, 6.45) is 0. The fourth-order valence-corrected chi connectivity index (χ4v) is 1.91. The predicted molar refractivity (Wildman–Crippen MR) is 63.7 cm³/mol. The molecule has 0 saturated carbocycles. The third-order valence-electron chi connectivity index (χ3n) is 2.62. The summed E-state index contributed by atoms with van der Waals surface area (Å²) in [5.74, 6) is -0.255. The van der Waals surface area contributed by atoms with Crippen LogP contribution in [0.3, 0.4) is 0 Å². The number of hydrogen-bond acceptors (Lipinski definition) is 2. The third kappa shape index (κ3) is 1.69. The minimum absolute atomic E-state index is 0.255. The van der Waals surface area contributed by atoms with Crippen molar-refractivity contribution < 1.29 is 9.53 Å². The fourth-order valence-electron chi connectivity index (χ4n) is 1.91. The summed E-state index contributed by atoms with van der Waals surface area (Å²) in [7, 11) is 0. The summed E-state index contributed by atoms with van der Waals surface area (Å²) in [4.78, 5) is 15.0. The molecule has 1 N–H and O–H groups in total. The third-order valence-corrected chi connectivity index (χ3v) is 2.62. The van der Waals surface area contributed by atoms with E-state index in [1.165, 1.54) is 5.56 Å². The Morgan fingerprint density at radius 2 is 2.12 bits per heavy atom. The largest absolute Gasteiger partial charge is 0.462 e. The first-order valence-electron chi connectivity index (χ1n) is 5.39. The maximum Gasteiger partial charge on any atom is 0.340 e. The predicted octanol–water partition coefficient (Wildman–Crippen LogP) is 2.96. The van der Waals surface area contributed by atoms with E-state index in [1.807, 2.05) is 39.0 Å². The smallest absolute Gasteiger partial charge is 0.340 e. The molecule has 1 heterocycles. The highest BCUT2D eigenvalue weighted by atomic mass is 16.5. The summed E-state index contributed by atoms with van der Waals surface area (Å²) in [5.41, 5.74) is 3.67. The molecule has 0 aliphatic heterocycles. The van der Waals surface area contributed by atoms with Crippen molar-refractivity contribution in [3.8, 4) is 0 Å². The number of carbonyl (C=O) groups excluding carboxylic acids is 1. The molecule has 0 saturated heterocycles. The van der Waals surface area contributed by atoms with Gasteiger partial charge in [0, 0.05) is 16.6 Å². The molecule has 2 rings (SSSR count). The standard InChI is InChI=1S/C13H15NO2/c1-4-16-13(15)12-9(3)14-11-7-8(2)5-6-10(11)12/h5-7,14H,4H2,1-3H3. The molecule has 0 aliphatic rings. The molecule has 3 heteroatoms. The summed E-state index contributed by atoms with van der Waals surface area (Å²) >= 11 is 0. The molecule has 0 radical (unpaired) electrons. The summed E-state index contributed by atoms with van der Waals surface area (Å²) in [5, 5.41) is 0.932. The van der Waals surface area contributed by atoms with Crippen LogP contribution in [0.25, 0.3) is 10.9 Å².